The van der Waals surface area contributed by atoms with Gasteiger partial charge >= 0.3 is 0 Å². The highest BCUT2D eigenvalue weighted by Crippen LogP contribution is 2.24. The molecule has 1 amide bonds. The zero-order valence-corrected chi connectivity index (χ0v) is 14.4. The van der Waals surface area contributed by atoms with E-state index < -0.39 is 0 Å². The molecule has 0 spiro atoms. The van der Waals surface area contributed by atoms with Gasteiger partial charge in [-0.2, -0.15) is 0 Å². The van der Waals surface area contributed by atoms with E-state index in [1.54, 1.807) is 12.1 Å². The lowest BCUT2D eigenvalue weighted by Gasteiger charge is -2.25. The molecule has 122 valence electrons. The number of hydrogen-bond acceptors (Lipinski definition) is 3. The van der Waals surface area contributed by atoms with E-state index in [9.17, 15) is 4.79 Å². The lowest BCUT2D eigenvalue weighted by molar-refractivity contribution is -0.121. The smallest absolute Gasteiger partial charge is 0.251 e. The number of carbonyl (C=O) groups excluding carboxylic acids is 1. The summed E-state index contributed by atoms with van der Waals surface area (Å²) in [7, 11) is 0. The molecule has 0 aliphatic carbocycles. The van der Waals surface area contributed by atoms with Crippen LogP contribution in [0, 0.1) is 6.92 Å². The number of anilines is 1. The van der Waals surface area contributed by atoms with E-state index in [1.165, 1.54) is 17.3 Å². The summed E-state index contributed by atoms with van der Waals surface area (Å²) in [4.78, 5) is 15.9. The van der Waals surface area contributed by atoms with Gasteiger partial charge in [-0.05, 0) is 24.6 Å². The summed E-state index contributed by atoms with van der Waals surface area (Å²) in [5, 5.41) is 3.20. The molecular formula is C18H21ClN2O2. The second kappa shape index (κ2) is 7.57. The van der Waals surface area contributed by atoms with Crippen LogP contribution in [0.3, 0.4) is 0 Å². The number of nitrogens with zero attached hydrogens (tertiary/aromatic N) is 1. The first-order valence-electron chi connectivity index (χ1n) is 7.43. The second-order valence-corrected chi connectivity index (χ2v) is 6.59. The number of halogens is 1. The average Bonchev–Trinajstić information content (AvgIpc) is 2.49. The number of benzene rings is 1. The standard InChI is InChI=1S/C18H21ClN2O2/c1-13-5-4-6-14(9-13)18(2,3)12-23-11-17(22)21-16-8-7-15(19)10-20-16/h4-10H,11-12H2,1-3H3,(H,20,21,22). The number of hydrogen-bond donors (Lipinski definition) is 1. The van der Waals surface area contributed by atoms with Crippen molar-refractivity contribution >= 4 is 23.3 Å². The highest BCUT2D eigenvalue weighted by atomic mass is 35.5. The Labute approximate surface area is 141 Å². The van der Waals surface area contributed by atoms with E-state index in [4.69, 9.17) is 16.3 Å². The fraction of sp³-hybridized carbons (Fsp3) is 0.333. The Morgan fingerprint density at radius 3 is 2.74 bits per heavy atom. The van der Waals surface area contributed by atoms with Crippen molar-refractivity contribution in [2.45, 2.75) is 26.2 Å². The molecule has 0 saturated heterocycles. The molecule has 0 radical (unpaired) electrons. The van der Waals surface area contributed by atoms with Crippen molar-refractivity contribution < 1.29 is 9.53 Å². The van der Waals surface area contributed by atoms with Crippen LogP contribution in [0.5, 0.6) is 0 Å². The van der Waals surface area contributed by atoms with Crippen LogP contribution in [0.4, 0.5) is 5.82 Å². The van der Waals surface area contributed by atoms with Gasteiger partial charge in [-0.15, -0.1) is 0 Å². The predicted octanol–water partition coefficient (Wildman–Crippen LogP) is 3.98. The van der Waals surface area contributed by atoms with Gasteiger partial charge < -0.3 is 10.1 Å². The maximum Gasteiger partial charge on any atom is 0.251 e. The highest BCUT2D eigenvalue weighted by Gasteiger charge is 2.21. The van der Waals surface area contributed by atoms with Gasteiger partial charge in [0.25, 0.3) is 5.91 Å². The Kier molecular flexibility index (Phi) is 5.74. The minimum absolute atomic E-state index is 0.0143. The fourth-order valence-corrected chi connectivity index (χ4v) is 2.29. The van der Waals surface area contributed by atoms with Gasteiger partial charge in [0.05, 0.1) is 11.6 Å². The first-order valence-corrected chi connectivity index (χ1v) is 7.81. The van der Waals surface area contributed by atoms with Crippen LogP contribution >= 0.6 is 11.6 Å². The number of ether oxygens (including phenoxy) is 1. The van der Waals surface area contributed by atoms with Crippen LogP contribution in [0.15, 0.2) is 42.6 Å². The molecule has 1 N–H and O–H groups in total. The molecule has 0 aliphatic heterocycles. The monoisotopic (exact) mass is 332 g/mol. The van der Waals surface area contributed by atoms with Gasteiger partial charge in [0.1, 0.15) is 12.4 Å². The summed E-state index contributed by atoms with van der Waals surface area (Å²) in [5.74, 6) is 0.223. The molecular weight excluding hydrogens is 312 g/mol. The molecule has 2 aromatic rings. The van der Waals surface area contributed by atoms with Gasteiger partial charge in [0.2, 0.25) is 0 Å². The molecule has 0 aliphatic rings. The van der Waals surface area contributed by atoms with Crippen LogP contribution in [0.2, 0.25) is 5.02 Å². The van der Waals surface area contributed by atoms with E-state index in [1.807, 2.05) is 6.07 Å². The Balaban J connectivity index is 1.83. The van der Waals surface area contributed by atoms with Crippen molar-refractivity contribution in [2.75, 3.05) is 18.5 Å². The van der Waals surface area contributed by atoms with Gasteiger partial charge in [0, 0.05) is 11.6 Å². The third-order valence-electron chi connectivity index (χ3n) is 3.49. The van der Waals surface area contributed by atoms with E-state index in [2.05, 4.69) is 49.3 Å². The Morgan fingerprint density at radius 2 is 2.09 bits per heavy atom. The quantitative estimate of drug-likeness (QED) is 0.870. The molecule has 4 nitrogen and oxygen atoms in total. The summed E-state index contributed by atoms with van der Waals surface area (Å²) in [6, 6.07) is 11.6. The molecule has 0 unspecified atom stereocenters. The molecule has 0 fully saturated rings. The lowest BCUT2D eigenvalue weighted by atomic mass is 9.85. The first kappa shape index (κ1) is 17.4. The fourth-order valence-electron chi connectivity index (χ4n) is 2.18. The normalized spacial score (nSPS) is 11.3. The summed E-state index contributed by atoms with van der Waals surface area (Å²) in [6.07, 6.45) is 1.48. The lowest BCUT2D eigenvalue weighted by Crippen LogP contribution is -2.28. The summed E-state index contributed by atoms with van der Waals surface area (Å²) >= 11 is 5.75. The Morgan fingerprint density at radius 1 is 1.30 bits per heavy atom. The largest absolute Gasteiger partial charge is 0.371 e. The third-order valence-corrected chi connectivity index (χ3v) is 3.71. The topological polar surface area (TPSA) is 51.2 Å². The van der Waals surface area contributed by atoms with Crippen molar-refractivity contribution in [3.05, 3.63) is 58.7 Å². The number of aromatic nitrogens is 1. The van der Waals surface area contributed by atoms with E-state index in [-0.39, 0.29) is 17.9 Å². The number of amides is 1. The summed E-state index contributed by atoms with van der Waals surface area (Å²) in [6.45, 7) is 6.70. The minimum Gasteiger partial charge on any atom is -0.371 e. The van der Waals surface area contributed by atoms with Crippen LogP contribution in [-0.4, -0.2) is 24.1 Å². The van der Waals surface area contributed by atoms with E-state index >= 15 is 0 Å². The van der Waals surface area contributed by atoms with Gasteiger partial charge in [-0.3, -0.25) is 4.79 Å². The molecule has 0 bridgehead atoms. The molecule has 5 heteroatoms. The van der Waals surface area contributed by atoms with Crippen LogP contribution in [-0.2, 0) is 14.9 Å². The number of carbonyl (C=O) groups is 1. The molecule has 1 aromatic heterocycles. The van der Waals surface area contributed by atoms with Crippen molar-refractivity contribution in [2.24, 2.45) is 0 Å². The van der Waals surface area contributed by atoms with Gasteiger partial charge in [0.15, 0.2) is 0 Å². The predicted molar refractivity (Wildman–Crippen MR) is 92.9 cm³/mol. The SMILES string of the molecule is Cc1cccc(C(C)(C)COCC(=O)Nc2ccc(Cl)cn2)c1. The maximum atomic E-state index is 11.9. The third kappa shape index (κ3) is 5.34. The average molecular weight is 333 g/mol. The van der Waals surface area contributed by atoms with Crippen LogP contribution in [0.1, 0.15) is 25.0 Å². The second-order valence-electron chi connectivity index (χ2n) is 6.16. The number of pyridine rings is 1. The highest BCUT2D eigenvalue weighted by molar-refractivity contribution is 6.30. The molecule has 2 rings (SSSR count). The number of nitrogens with one attached hydrogen (secondary N) is 1. The molecule has 0 saturated carbocycles. The van der Waals surface area contributed by atoms with Crippen LogP contribution in [0.25, 0.3) is 0 Å². The van der Waals surface area contributed by atoms with Crippen LogP contribution < -0.4 is 5.32 Å². The van der Waals surface area contributed by atoms with Gasteiger partial charge in [-0.25, -0.2) is 4.98 Å². The van der Waals surface area contributed by atoms with E-state index in [0.29, 0.717) is 17.4 Å². The molecule has 1 heterocycles. The molecule has 1 aromatic carbocycles. The minimum atomic E-state index is -0.236. The Bertz CT molecular complexity index is 669. The van der Waals surface area contributed by atoms with Crippen molar-refractivity contribution in [3.8, 4) is 0 Å². The first-order chi connectivity index (χ1) is 10.9. The van der Waals surface area contributed by atoms with Gasteiger partial charge in [-0.1, -0.05) is 55.3 Å². The van der Waals surface area contributed by atoms with E-state index in [0.717, 1.165) is 0 Å². The molecule has 23 heavy (non-hydrogen) atoms. The Hall–Kier alpha value is -1.91. The summed E-state index contributed by atoms with van der Waals surface area (Å²) < 4.78 is 5.58. The molecule has 0 atom stereocenters. The van der Waals surface area contributed by atoms with Crippen molar-refractivity contribution in [1.29, 1.82) is 0 Å². The summed E-state index contributed by atoms with van der Waals surface area (Å²) in [5.41, 5.74) is 2.24. The zero-order chi connectivity index (χ0) is 16.9. The maximum absolute atomic E-state index is 11.9. The number of aryl methyl sites for hydroxylation is 1. The van der Waals surface area contributed by atoms with Crippen molar-refractivity contribution in [3.63, 3.8) is 0 Å². The zero-order valence-electron chi connectivity index (χ0n) is 13.6. The van der Waals surface area contributed by atoms with Crippen molar-refractivity contribution in [1.82, 2.24) is 4.98 Å². The number of rotatable bonds is 6.